The molecule has 2 atom stereocenters. The van der Waals surface area contributed by atoms with E-state index in [1.54, 1.807) is 0 Å². The Morgan fingerprint density at radius 3 is 2.59 bits per heavy atom. The minimum absolute atomic E-state index is 0.358. The van der Waals surface area contributed by atoms with Crippen molar-refractivity contribution in [1.82, 2.24) is 4.57 Å². The summed E-state index contributed by atoms with van der Waals surface area (Å²) < 4.78 is 2.33. The predicted molar refractivity (Wildman–Crippen MR) is 72.0 cm³/mol. The molecule has 1 aliphatic rings. The lowest BCUT2D eigenvalue weighted by Gasteiger charge is -2.05. The molecule has 1 saturated carbocycles. The number of nitrogens with two attached hydrogens (primary N) is 1. The molecule has 0 aliphatic heterocycles. The highest BCUT2D eigenvalue weighted by atomic mass is 15.0. The van der Waals surface area contributed by atoms with Crippen LogP contribution in [0.2, 0.25) is 0 Å². The second kappa shape index (κ2) is 3.36. The van der Waals surface area contributed by atoms with Crippen LogP contribution in [0.25, 0.3) is 10.9 Å². The van der Waals surface area contributed by atoms with Gasteiger partial charge in [-0.3, -0.25) is 0 Å². The summed E-state index contributed by atoms with van der Waals surface area (Å²) in [6.07, 6.45) is 0. The molecule has 0 radical (unpaired) electrons. The van der Waals surface area contributed by atoms with E-state index in [9.17, 15) is 0 Å². The van der Waals surface area contributed by atoms with Crippen molar-refractivity contribution in [2.45, 2.75) is 19.8 Å². The highest BCUT2D eigenvalue weighted by Gasteiger charge is 2.58. The first-order chi connectivity index (χ1) is 8.07. The van der Waals surface area contributed by atoms with Crippen LogP contribution in [0, 0.1) is 11.3 Å². The summed E-state index contributed by atoms with van der Waals surface area (Å²) in [5.74, 6) is 1.25. The molecule has 1 heterocycles. The van der Waals surface area contributed by atoms with Crippen LogP contribution >= 0.6 is 0 Å². The van der Waals surface area contributed by atoms with Gasteiger partial charge in [0.15, 0.2) is 0 Å². The fourth-order valence-electron chi connectivity index (χ4n) is 3.38. The molecule has 1 aromatic carbocycles. The number of aromatic nitrogens is 1. The molecule has 2 heteroatoms. The molecule has 2 N–H and O–H groups in total. The summed E-state index contributed by atoms with van der Waals surface area (Å²) in [4.78, 5) is 0. The molecule has 1 fully saturated rings. The number of rotatable bonds is 2. The summed E-state index contributed by atoms with van der Waals surface area (Å²) in [7, 11) is 2.17. The summed E-state index contributed by atoms with van der Waals surface area (Å²) in [6.45, 7) is 5.44. The first-order valence-corrected chi connectivity index (χ1v) is 6.31. The zero-order valence-corrected chi connectivity index (χ0v) is 10.8. The van der Waals surface area contributed by atoms with Gasteiger partial charge in [0, 0.05) is 24.2 Å². The zero-order chi connectivity index (χ0) is 12.2. The quantitative estimate of drug-likeness (QED) is 0.842. The minimum atomic E-state index is 0.358. The van der Waals surface area contributed by atoms with Crippen LogP contribution in [-0.2, 0) is 7.05 Å². The molecule has 1 aromatic heterocycles. The van der Waals surface area contributed by atoms with Gasteiger partial charge in [-0.25, -0.2) is 0 Å². The van der Waals surface area contributed by atoms with Crippen LogP contribution in [0.4, 0.5) is 0 Å². The van der Waals surface area contributed by atoms with Crippen LogP contribution in [-0.4, -0.2) is 11.1 Å². The Hall–Kier alpha value is -1.28. The highest BCUT2D eigenvalue weighted by molar-refractivity contribution is 5.81. The van der Waals surface area contributed by atoms with E-state index in [2.05, 4.69) is 55.8 Å². The lowest BCUT2D eigenvalue weighted by Crippen LogP contribution is -2.05. The molecule has 2 unspecified atom stereocenters. The van der Waals surface area contributed by atoms with Gasteiger partial charge in [0.1, 0.15) is 0 Å². The van der Waals surface area contributed by atoms with Gasteiger partial charge in [0.25, 0.3) is 0 Å². The van der Waals surface area contributed by atoms with Gasteiger partial charge in [0.05, 0.1) is 0 Å². The fraction of sp³-hybridized carbons (Fsp3) is 0.467. The minimum Gasteiger partial charge on any atom is -0.347 e. The molecule has 90 valence electrons. The van der Waals surface area contributed by atoms with E-state index in [1.165, 1.54) is 16.6 Å². The van der Waals surface area contributed by atoms with E-state index in [-0.39, 0.29) is 0 Å². The van der Waals surface area contributed by atoms with E-state index in [1.807, 2.05) is 0 Å². The first-order valence-electron chi connectivity index (χ1n) is 6.31. The maximum Gasteiger partial charge on any atom is 0.0479 e. The second-order valence-electron chi connectivity index (χ2n) is 5.83. The molecule has 0 saturated heterocycles. The molecule has 0 spiro atoms. The Labute approximate surface area is 102 Å². The second-order valence-corrected chi connectivity index (χ2v) is 5.83. The molecule has 3 rings (SSSR count). The summed E-state index contributed by atoms with van der Waals surface area (Å²) >= 11 is 0. The van der Waals surface area contributed by atoms with Gasteiger partial charge >= 0.3 is 0 Å². The van der Waals surface area contributed by atoms with Gasteiger partial charge < -0.3 is 10.3 Å². The van der Waals surface area contributed by atoms with Crippen molar-refractivity contribution < 1.29 is 0 Å². The molecule has 2 aromatic rings. The maximum absolute atomic E-state index is 5.87. The molecule has 17 heavy (non-hydrogen) atoms. The van der Waals surface area contributed by atoms with E-state index in [0.717, 1.165) is 6.54 Å². The normalized spacial score (nSPS) is 26.4. The standard InChI is InChI=1S/C15H20N2/c1-15(2)11(9-16)14(15)13-8-10-6-4-5-7-12(10)17(13)3/h4-8,11,14H,9,16H2,1-3H3. The number of fused-ring (bicyclic) bond motifs is 1. The smallest absolute Gasteiger partial charge is 0.0479 e. The Morgan fingerprint density at radius 2 is 2.00 bits per heavy atom. The third-order valence-corrected chi connectivity index (χ3v) is 4.61. The van der Waals surface area contributed by atoms with Crippen molar-refractivity contribution in [2.24, 2.45) is 24.1 Å². The fourth-order valence-corrected chi connectivity index (χ4v) is 3.38. The van der Waals surface area contributed by atoms with Crippen molar-refractivity contribution >= 4 is 10.9 Å². The molecule has 2 nitrogen and oxygen atoms in total. The van der Waals surface area contributed by atoms with Crippen LogP contribution in [0.1, 0.15) is 25.5 Å². The Balaban J connectivity index is 2.11. The lowest BCUT2D eigenvalue weighted by atomic mass is 10.1. The summed E-state index contributed by atoms with van der Waals surface area (Å²) in [6, 6.07) is 10.9. The largest absolute Gasteiger partial charge is 0.347 e. The van der Waals surface area contributed by atoms with Gasteiger partial charge in [-0.2, -0.15) is 0 Å². The number of aryl methyl sites for hydroxylation is 1. The van der Waals surface area contributed by atoms with Crippen molar-refractivity contribution in [3.8, 4) is 0 Å². The van der Waals surface area contributed by atoms with Crippen LogP contribution in [0.3, 0.4) is 0 Å². The van der Waals surface area contributed by atoms with E-state index < -0.39 is 0 Å². The Kier molecular flexibility index (Phi) is 2.14. The average molecular weight is 228 g/mol. The third kappa shape index (κ3) is 1.37. The number of benzene rings is 1. The number of para-hydroxylation sites is 1. The van der Waals surface area contributed by atoms with Gasteiger partial charge in [-0.05, 0) is 35.4 Å². The van der Waals surface area contributed by atoms with Crippen molar-refractivity contribution in [3.63, 3.8) is 0 Å². The Morgan fingerprint density at radius 1 is 1.29 bits per heavy atom. The monoisotopic (exact) mass is 228 g/mol. The van der Waals surface area contributed by atoms with Crippen molar-refractivity contribution in [1.29, 1.82) is 0 Å². The topological polar surface area (TPSA) is 30.9 Å². The Bertz CT molecular complexity index is 565. The third-order valence-electron chi connectivity index (χ3n) is 4.61. The molecule has 0 amide bonds. The first kappa shape index (κ1) is 10.8. The number of nitrogens with zero attached hydrogens (tertiary/aromatic N) is 1. The zero-order valence-electron chi connectivity index (χ0n) is 10.8. The SMILES string of the molecule is Cn1c(C2C(CN)C2(C)C)cc2ccccc21. The average Bonchev–Trinajstić information content (AvgIpc) is 2.70. The van der Waals surface area contributed by atoms with Crippen LogP contribution in [0.5, 0.6) is 0 Å². The molecular weight excluding hydrogens is 208 g/mol. The maximum atomic E-state index is 5.87. The van der Waals surface area contributed by atoms with Gasteiger partial charge in [-0.1, -0.05) is 32.0 Å². The summed E-state index contributed by atoms with van der Waals surface area (Å²) in [5.41, 5.74) is 8.99. The van der Waals surface area contributed by atoms with Crippen molar-refractivity contribution in [2.75, 3.05) is 6.54 Å². The molecular formula is C15H20N2. The van der Waals surface area contributed by atoms with Crippen LogP contribution in [0.15, 0.2) is 30.3 Å². The van der Waals surface area contributed by atoms with Crippen LogP contribution < -0.4 is 5.73 Å². The van der Waals surface area contributed by atoms with Crippen molar-refractivity contribution in [3.05, 3.63) is 36.0 Å². The summed E-state index contributed by atoms with van der Waals surface area (Å²) in [5, 5.41) is 1.34. The lowest BCUT2D eigenvalue weighted by molar-refractivity contribution is 0.555. The van der Waals surface area contributed by atoms with E-state index in [0.29, 0.717) is 17.3 Å². The molecule has 1 aliphatic carbocycles. The van der Waals surface area contributed by atoms with Gasteiger partial charge in [0.2, 0.25) is 0 Å². The molecule has 0 bridgehead atoms. The van der Waals surface area contributed by atoms with E-state index in [4.69, 9.17) is 5.73 Å². The van der Waals surface area contributed by atoms with Gasteiger partial charge in [-0.15, -0.1) is 0 Å². The predicted octanol–water partition coefficient (Wildman–Crippen LogP) is 2.88. The number of hydrogen-bond acceptors (Lipinski definition) is 1. The number of hydrogen-bond donors (Lipinski definition) is 1. The highest BCUT2D eigenvalue weighted by Crippen LogP contribution is 2.64. The van der Waals surface area contributed by atoms with E-state index >= 15 is 0 Å².